The molecule has 1 aliphatic heterocycles. The molecule has 0 spiro atoms. The van der Waals surface area contributed by atoms with Gasteiger partial charge in [0.2, 0.25) is 0 Å². The number of nitrogens with zero attached hydrogens (tertiary/aromatic N) is 2. The van der Waals surface area contributed by atoms with Crippen LogP contribution in [0.1, 0.15) is 19.4 Å². The SMILES string of the molecule is C[C@@H]1CN(Cc2ccc(Cl)c([N+](=O)[O-])c2)C[C@H](C)O1. The Morgan fingerprint density at radius 3 is 2.63 bits per heavy atom. The molecule has 0 aromatic heterocycles. The summed E-state index contributed by atoms with van der Waals surface area (Å²) in [6.45, 7) is 6.41. The average molecular weight is 285 g/mol. The first-order chi connectivity index (χ1) is 8.95. The van der Waals surface area contributed by atoms with Gasteiger partial charge in [0.05, 0.1) is 17.1 Å². The van der Waals surface area contributed by atoms with Crippen molar-refractivity contribution < 1.29 is 9.66 Å². The molecular weight excluding hydrogens is 268 g/mol. The molecule has 1 fully saturated rings. The minimum atomic E-state index is -0.448. The van der Waals surface area contributed by atoms with Gasteiger partial charge in [-0.05, 0) is 25.5 Å². The van der Waals surface area contributed by atoms with E-state index in [0.717, 1.165) is 18.7 Å². The van der Waals surface area contributed by atoms with Crippen molar-refractivity contribution in [3.63, 3.8) is 0 Å². The van der Waals surface area contributed by atoms with Crippen LogP contribution >= 0.6 is 11.6 Å². The van der Waals surface area contributed by atoms with Crippen LogP contribution in [0.3, 0.4) is 0 Å². The van der Waals surface area contributed by atoms with Gasteiger partial charge in [-0.15, -0.1) is 0 Å². The number of morpholine rings is 1. The third-order valence-electron chi connectivity index (χ3n) is 3.11. The molecule has 0 N–H and O–H groups in total. The average Bonchev–Trinajstić information content (AvgIpc) is 2.30. The van der Waals surface area contributed by atoms with Crippen LogP contribution in [0.4, 0.5) is 5.69 Å². The number of nitro groups is 1. The van der Waals surface area contributed by atoms with E-state index >= 15 is 0 Å². The van der Waals surface area contributed by atoms with Crippen LogP contribution in [-0.4, -0.2) is 35.1 Å². The van der Waals surface area contributed by atoms with Gasteiger partial charge in [-0.25, -0.2) is 0 Å². The van der Waals surface area contributed by atoms with Gasteiger partial charge in [-0.3, -0.25) is 15.0 Å². The highest BCUT2D eigenvalue weighted by Gasteiger charge is 2.23. The fourth-order valence-electron chi connectivity index (χ4n) is 2.47. The zero-order valence-electron chi connectivity index (χ0n) is 11.0. The second-order valence-corrected chi connectivity index (χ2v) is 5.40. The molecule has 19 heavy (non-hydrogen) atoms. The van der Waals surface area contributed by atoms with E-state index in [4.69, 9.17) is 16.3 Å². The summed E-state index contributed by atoms with van der Waals surface area (Å²) in [4.78, 5) is 12.7. The molecule has 1 heterocycles. The molecule has 6 heteroatoms. The number of ether oxygens (including phenoxy) is 1. The van der Waals surface area contributed by atoms with Gasteiger partial charge in [-0.1, -0.05) is 17.7 Å². The van der Waals surface area contributed by atoms with Crippen molar-refractivity contribution in [1.29, 1.82) is 0 Å². The Morgan fingerprint density at radius 2 is 2.05 bits per heavy atom. The number of halogens is 1. The lowest BCUT2D eigenvalue weighted by molar-refractivity contribution is -0.384. The third kappa shape index (κ3) is 3.65. The van der Waals surface area contributed by atoms with Crippen molar-refractivity contribution in [2.45, 2.75) is 32.6 Å². The van der Waals surface area contributed by atoms with Crippen molar-refractivity contribution in [3.05, 3.63) is 38.9 Å². The number of rotatable bonds is 3. The van der Waals surface area contributed by atoms with Crippen LogP contribution in [-0.2, 0) is 11.3 Å². The Bertz CT molecular complexity index is 471. The molecule has 2 rings (SSSR count). The van der Waals surface area contributed by atoms with E-state index in [-0.39, 0.29) is 22.9 Å². The summed E-state index contributed by atoms with van der Waals surface area (Å²) in [5.41, 5.74) is 0.867. The van der Waals surface area contributed by atoms with Crippen LogP contribution in [0, 0.1) is 10.1 Å². The molecule has 0 unspecified atom stereocenters. The molecule has 5 nitrogen and oxygen atoms in total. The molecule has 1 aliphatic rings. The molecule has 104 valence electrons. The number of hydrogen-bond donors (Lipinski definition) is 0. The molecule has 0 bridgehead atoms. The van der Waals surface area contributed by atoms with Gasteiger partial charge in [0.25, 0.3) is 5.69 Å². The standard InChI is InChI=1S/C13H17ClN2O3/c1-9-6-15(7-10(2)19-9)8-11-3-4-12(14)13(5-11)16(17)18/h3-5,9-10H,6-8H2,1-2H3/t9-,10+. The second kappa shape index (κ2) is 5.86. The van der Waals surface area contributed by atoms with Crippen LogP contribution in [0.25, 0.3) is 0 Å². The normalized spacial score (nSPS) is 24.4. The highest BCUT2D eigenvalue weighted by molar-refractivity contribution is 6.32. The Labute approximate surface area is 117 Å². The van der Waals surface area contributed by atoms with Crippen molar-refractivity contribution >= 4 is 17.3 Å². The van der Waals surface area contributed by atoms with Crippen LogP contribution in [0.15, 0.2) is 18.2 Å². The first-order valence-electron chi connectivity index (χ1n) is 6.26. The van der Waals surface area contributed by atoms with Crippen LogP contribution < -0.4 is 0 Å². The first kappa shape index (κ1) is 14.2. The highest BCUT2D eigenvalue weighted by Crippen LogP contribution is 2.26. The molecule has 1 saturated heterocycles. The third-order valence-corrected chi connectivity index (χ3v) is 3.43. The number of benzene rings is 1. The van der Waals surface area contributed by atoms with Gasteiger partial charge in [0.15, 0.2) is 0 Å². The van der Waals surface area contributed by atoms with Crippen LogP contribution in [0.5, 0.6) is 0 Å². The summed E-state index contributed by atoms with van der Waals surface area (Å²) >= 11 is 5.81. The van der Waals surface area contributed by atoms with Gasteiger partial charge in [-0.2, -0.15) is 0 Å². The molecule has 0 saturated carbocycles. The van der Waals surface area contributed by atoms with Gasteiger partial charge < -0.3 is 4.74 Å². The fourth-order valence-corrected chi connectivity index (χ4v) is 2.65. The quantitative estimate of drug-likeness (QED) is 0.633. The topological polar surface area (TPSA) is 55.6 Å². The summed E-state index contributed by atoms with van der Waals surface area (Å²) in [6.07, 6.45) is 0.372. The molecule has 0 aliphatic carbocycles. The largest absolute Gasteiger partial charge is 0.373 e. The van der Waals surface area contributed by atoms with Crippen molar-refractivity contribution in [1.82, 2.24) is 4.90 Å². The fraction of sp³-hybridized carbons (Fsp3) is 0.538. The second-order valence-electron chi connectivity index (χ2n) is 4.99. The van der Waals surface area contributed by atoms with E-state index in [2.05, 4.69) is 4.90 Å². The summed E-state index contributed by atoms with van der Waals surface area (Å²) in [5.74, 6) is 0. The summed E-state index contributed by atoms with van der Waals surface area (Å²) in [6, 6.07) is 4.97. The lowest BCUT2D eigenvalue weighted by atomic mass is 10.1. The van der Waals surface area contributed by atoms with Gasteiger partial charge in [0, 0.05) is 25.7 Å². The predicted molar refractivity (Wildman–Crippen MR) is 73.4 cm³/mol. The van der Waals surface area contributed by atoms with E-state index in [1.165, 1.54) is 0 Å². The van der Waals surface area contributed by atoms with Crippen molar-refractivity contribution in [3.8, 4) is 0 Å². The lowest BCUT2D eigenvalue weighted by Crippen LogP contribution is -2.44. The van der Waals surface area contributed by atoms with Gasteiger partial charge >= 0.3 is 0 Å². The highest BCUT2D eigenvalue weighted by atomic mass is 35.5. The molecule has 2 atom stereocenters. The van der Waals surface area contributed by atoms with E-state index < -0.39 is 4.92 Å². The first-order valence-corrected chi connectivity index (χ1v) is 6.64. The maximum atomic E-state index is 10.9. The minimum absolute atomic E-state index is 0.0338. The predicted octanol–water partition coefficient (Wildman–Crippen LogP) is 2.86. The molecule has 1 aromatic carbocycles. The Balaban J connectivity index is 2.10. The molecular formula is C13H17ClN2O3. The van der Waals surface area contributed by atoms with Crippen molar-refractivity contribution in [2.24, 2.45) is 0 Å². The monoisotopic (exact) mass is 284 g/mol. The van der Waals surface area contributed by atoms with Crippen molar-refractivity contribution in [2.75, 3.05) is 13.1 Å². The Hall–Kier alpha value is -1.17. The summed E-state index contributed by atoms with van der Waals surface area (Å²) in [7, 11) is 0. The summed E-state index contributed by atoms with van der Waals surface area (Å²) in [5, 5.41) is 11.0. The summed E-state index contributed by atoms with van der Waals surface area (Å²) < 4.78 is 5.66. The van der Waals surface area contributed by atoms with E-state index in [1.54, 1.807) is 12.1 Å². The maximum Gasteiger partial charge on any atom is 0.288 e. The van der Waals surface area contributed by atoms with Crippen LogP contribution in [0.2, 0.25) is 5.02 Å². The lowest BCUT2D eigenvalue weighted by Gasteiger charge is -2.35. The zero-order chi connectivity index (χ0) is 14.0. The maximum absolute atomic E-state index is 10.9. The number of hydrogen-bond acceptors (Lipinski definition) is 4. The molecule has 0 radical (unpaired) electrons. The zero-order valence-corrected chi connectivity index (χ0v) is 11.8. The smallest absolute Gasteiger partial charge is 0.288 e. The minimum Gasteiger partial charge on any atom is -0.373 e. The van der Waals surface area contributed by atoms with Gasteiger partial charge in [0.1, 0.15) is 5.02 Å². The molecule has 1 aromatic rings. The Kier molecular flexibility index (Phi) is 4.39. The van der Waals surface area contributed by atoms with E-state index in [0.29, 0.717) is 6.54 Å². The van der Waals surface area contributed by atoms with E-state index in [1.807, 2.05) is 19.9 Å². The molecule has 0 amide bonds. The Morgan fingerprint density at radius 1 is 1.42 bits per heavy atom. The number of nitro benzene ring substituents is 1. The van der Waals surface area contributed by atoms with E-state index in [9.17, 15) is 10.1 Å².